The van der Waals surface area contributed by atoms with Gasteiger partial charge in [0, 0.05) is 25.8 Å². The van der Waals surface area contributed by atoms with E-state index >= 15 is 0 Å². The molecule has 0 spiro atoms. The van der Waals surface area contributed by atoms with Gasteiger partial charge in [-0.25, -0.2) is 17.1 Å². The summed E-state index contributed by atoms with van der Waals surface area (Å²) in [5.41, 5.74) is 2.10. The van der Waals surface area contributed by atoms with E-state index in [9.17, 15) is 17.6 Å². The number of nitrogens with zero attached hydrogens (tertiary/aromatic N) is 1. The van der Waals surface area contributed by atoms with Crippen LogP contribution in [-0.2, 0) is 14.8 Å². The van der Waals surface area contributed by atoms with Gasteiger partial charge in [-0.1, -0.05) is 32.0 Å². The molecular formula is C21H28FN3O3S. The van der Waals surface area contributed by atoms with E-state index in [2.05, 4.69) is 10.6 Å². The Balaban J connectivity index is 2.11. The Labute approximate surface area is 172 Å². The summed E-state index contributed by atoms with van der Waals surface area (Å²) in [6.07, 6.45) is 0. The van der Waals surface area contributed by atoms with Crippen LogP contribution in [0.15, 0.2) is 47.4 Å². The molecule has 29 heavy (non-hydrogen) atoms. The highest BCUT2D eigenvalue weighted by Crippen LogP contribution is 2.23. The van der Waals surface area contributed by atoms with Gasteiger partial charge < -0.3 is 10.6 Å². The van der Waals surface area contributed by atoms with Crippen LogP contribution in [-0.4, -0.2) is 39.3 Å². The minimum Gasteiger partial charge on any atom is -0.325 e. The fourth-order valence-corrected chi connectivity index (χ4v) is 3.84. The predicted octanol–water partition coefficient (Wildman–Crippen LogP) is 3.31. The molecular weight excluding hydrogens is 393 g/mol. The predicted molar refractivity (Wildman–Crippen MR) is 113 cm³/mol. The summed E-state index contributed by atoms with van der Waals surface area (Å²) in [6.45, 7) is 5.85. The van der Waals surface area contributed by atoms with Crippen molar-refractivity contribution in [3.8, 4) is 0 Å². The Hall–Kier alpha value is -2.29. The van der Waals surface area contributed by atoms with Gasteiger partial charge in [0.25, 0.3) is 0 Å². The molecule has 0 heterocycles. The van der Waals surface area contributed by atoms with Crippen molar-refractivity contribution in [2.24, 2.45) is 5.92 Å². The van der Waals surface area contributed by atoms with Crippen molar-refractivity contribution in [2.75, 3.05) is 26.0 Å². The number of rotatable bonds is 8. The molecule has 0 aliphatic carbocycles. The molecule has 0 unspecified atom stereocenters. The van der Waals surface area contributed by atoms with Crippen LogP contribution in [0.1, 0.15) is 31.0 Å². The number of amides is 1. The normalized spacial score (nSPS) is 13.0. The fourth-order valence-electron chi connectivity index (χ4n) is 2.91. The van der Waals surface area contributed by atoms with Crippen LogP contribution in [0.3, 0.4) is 0 Å². The summed E-state index contributed by atoms with van der Waals surface area (Å²) in [7, 11) is -0.678. The number of hydrogen-bond donors (Lipinski definition) is 2. The van der Waals surface area contributed by atoms with Crippen molar-refractivity contribution in [1.29, 1.82) is 0 Å². The molecule has 2 aromatic rings. The SMILES string of the molecule is Cc1ccc(S(=O)(=O)N(C)C)cc1NC(=O)CN[C@H](c1ccc(F)cc1)C(C)C. The Morgan fingerprint density at radius 2 is 1.72 bits per heavy atom. The summed E-state index contributed by atoms with van der Waals surface area (Å²) < 4.78 is 39.0. The largest absolute Gasteiger partial charge is 0.325 e. The molecule has 2 aromatic carbocycles. The van der Waals surface area contributed by atoms with E-state index in [0.717, 1.165) is 15.4 Å². The van der Waals surface area contributed by atoms with Crippen LogP contribution in [0.2, 0.25) is 0 Å². The van der Waals surface area contributed by atoms with Crippen LogP contribution in [0.5, 0.6) is 0 Å². The van der Waals surface area contributed by atoms with Gasteiger partial charge in [-0.15, -0.1) is 0 Å². The molecule has 6 nitrogen and oxygen atoms in total. The zero-order valence-corrected chi connectivity index (χ0v) is 18.2. The molecule has 8 heteroatoms. The number of carbonyl (C=O) groups excluding carboxylic acids is 1. The van der Waals surface area contributed by atoms with Gasteiger partial charge in [0.05, 0.1) is 11.4 Å². The molecule has 2 rings (SSSR count). The average Bonchev–Trinajstić information content (AvgIpc) is 2.64. The molecule has 0 saturated carbocycles. The van der Waals surface area contributed by atoms with E-state index in [4.69, 9.17) is 0 Å². The summed E-state index contributed by atoms with van der Waals surface area (Å²) in [5, 5.41) is 5.97. The summed E-state index contributed by atoms with van der Waals surface area (Å²) in [4.78, 5) is 12.6. The third-order valence-corrected chi connectivity index (χ3v) is 6.45. The highest BCUT2D eigenvalue weighted by Gasteiger charge is 2.20. The van der Waals surface area contributed by atoms with Crippen LogP contribution in [0.25, 0.3) is 0 Å². The maximum atomic E-state index is 13.2. The quantitative estimate of drug-likeness (QED) is 0.686. The number of benzene rings is 2. The minimum atomic E-state index is -3.59. The van der Waals surface area contributed by atoms with Gasteiger partial charge in [0.1, 0.15) is 5.82 Å². The first-order chi connectivity index (χ1) is 13.5. The zero-order valence-electron chi connectivity index (χ0n) is 17.4. The minimum absolute atomic E-state index is 0.0321. The molecule has 0 radical (unpaired) electrons. The van der Waals surface area contributed by atoms with E-state index in [1.807, 2.05) is 13.8 Å². The maximum absolute atomic E-state index is 13.2. The number of aryl methyl sites for hydroxylation is 1. The molecule has 0 aliphatic heterocycles. The second-order valence-electron chi connectivity index (χ2n) is 7.47. The van der Waals surface area contributed by atoms with Gasteiger partial charge in [0.15, 0.2) is 0 Å². The lowest BCUT2D eigenvalue weighted by Gasteiger charge is -2.23. The lowest BCUT2D eigenvalue weighted by molar-refractivity contribution is -0.115. The smallest absolute Gasteiger partial charge is 0.242 e. The fraction of sp³-hybridized carbons (Fsp3) is 0.381. The lowest BCUT2D eigenvalue weighted by Crippen LogP contribution is -2.33. The first kappa shape index (κ1) is 23.0. The number of halogens is 1. The topological polar surface area (TPSA) is 78.5 Å². The number of sulfonamides is 1. The molecule has 1 amide bonds. The van der Waals surface area contributed by atoms with Crippen LogP contribution in [0, 0.1) is 18.7 Å². The second-order valence-corrected chi connectivity index (χ2v) is 9.62. The Kier molecular flexibility index (Phi) is 7.51. The summed E-state index contributed by atoms with van der Waals surface area (Å²) in [6, 6.07) is 10.7. The second kappa shape index (κ2) is 9.47. The standard InChI is InChI=1S/C21H28FN3O3S/c1-14(2)21(16-7-9-17(22)10-8-16)23-13-20(26)24-19-12-18(11-6-15(19)3)29(27,28)25(4)5/h6-12,14,21,23H,13H2,1-5H3,(H,24,26)/t21-/m0/s1. The highest BCUT2D eigenvalue weighted by molar-refractivity contribution is 7.89. The molecule has 0 fully saturated rings. The molecule has 0 bridgehead atoms. The lowest BCUT2D eigenvalue weighted by atomic mass is 9.96. The summed E-state index contributed by atoms with van der Waals surface area (Å²) in [5.74, 6) is -0.416. The average molecular weight is 422 g/mol. The third-order valence-electron chi connectivity index (χ3n) is 4.64. The van der Waals surface area contributed by atoms with Gasteiger partial charge in [-0.3, -0.25) is 4.79 Å². The van der Waals surface area contributed by atoms with Crippen molar-refractivity contribution in [3.63, 3.8) is 0 Å². The molecule has 158 valence electrons. The van der Waals surface area contributed by atoms with Crippen LogP contribution in [0.4, 0.5) is 10.1 Å². The zero-order chi connectivity index (χ0) is 21.8. The van der Waals surface area contributed by atoms with Gasteiger partial charge >= 0.3 is 0 Å². The Morgan fingerprint density at radius 1 is 1.10 bits per heavy atom. The molecule has 0 aliphatic rings. The third kappa shape index (κ3) is 5.85. The van der Waals surface area contributed by atoms with Gasteiger partial charge in [0.2, 0.25) is 15.9 Å². The Bertz CT molecular complexity index is 958. The summed E-state index contributed by atoms with van der Waals surface area (Å²) >= 11 is 0. The van der Waals surface area contributed by atoms with E-state index in [0.29, 0.717) is 5.69 Å². The molecule has 0 aromatic heterocycles. The number of anilines is 1. The van der Waals surface area contributed by atoms with Crippen LogP contribution < -0.4 is 10.6 Å². The molecule has 2 N–H and O–H groups in total. The number of carbonyl (C=O) groups is 1. The number of hydrogen-bond acceptors (Lipinski definition) is 4. The van der Waals surface area contributed by atoms with Crippen molar-refractivity contribution in [3.05, 3.63) is 59.4 Å². The van der Waals surface area contributed by atoms with Crippen LogP contribution >= 0.6 is 0 Å². The van der Waals surface area contributed by atoms with E-state index in [1.165, 1.54) is 38.4 Å². The van der Waals surface area contributed by atoms with E-state index in [-0.39, 0.29) is 35.1 Å². The van der Waals surface area contributed by atoms with Crippen molar-refractivity contribution in [1.82, 2.24) is 9.62 Å². The van der Waals surface area contributed by atoms with Gasteiger partial charge in [-0.05, 0) is 48.2 Å². The van der Waals surface area contributed by atoms with E-state index < -0.39 is 10.0 Å². The maximum Gasteiger partial charge on any atom is 0.242 e. The first-order valence-electron chi connectivity index (χ1n) is 9.34. The van der Waals surface area contributed by atoms with Gasteiger partial charge in [-0.2, -0.15) is 0 Å². The Morgan fingerprint density at radius 3 is 2.28 bits per heavy atom. The van der Waals surface area contributed by atoms with E-state index in [1.54, 1.807) is 25.1 Å². The van der Waals surface area contributed by atoms with Crippen molar-refractivity contribution < 1.29 is 17.6 Å². The number of nitrogens with one attached hydrogen (secondary N) is 2. The van der Waals surface area contributed by atoms with Crippen molar-refractivity contribution in [2.45, 2.75) is 31.7 Å². The van der Waals surface area contributed by atoms with Crippen molar-refractivity contribution >= 4 is 21.6 Å². The molecule has 1 atom stereocenters. The molecule has 0 saturated heterocycles. The first-order valence-corrected chi connectivity index (χ1v) is 10.8. The highest BCUT2D eigenvalue weighted by atomic mass is 32.2. The monoisotopic (exact) mass is 421 g/mol.